The molecular formula is C24H45ClO2. The molecule has 0 heterocycles. The Morgan fingerprint density at radius 1 is 0.704 bits per heavy atom. The molecule has 0 aliphatic rings. The summed E-state index contributed by atoms with van der Waals surface area (Å²) in [4.78, 5) is 10.7. The van der Waals surface area contributed by atoms with Gasteiger partial charge in [-0.15, -0.1) is 0 Å². The van der Waals surface area contributed by atoms with Crippen molar-refractivity contribution in [2.24, 2.45) is 0 Å². The minimum atomic E-state index is -0.970. The molecular weight excluding hydrogens is 356 g/mol. The van der Waals surface area contributed by atoms with Crippen LogP contribution in [0.25, 0.3) is 0 Å². The summed E-state index contributed by atoms with van der Waals surface area (Å²) in [5, 5.41) is 8.66. The summed E-state index contributed by atoms with van der Waals surface area (Å²) in [5.41, 5.74) is 0. The molecule has 0 saturated heterocycles. The molecule has 0 aliphatic heterocycles. The largest absolute Gasteiger partial charge is 0.384 e. The predicted octanol–water partition coefficient (Wildman–Crippen LogP) is 8.10. The van der Waals surface area contributed by atoms with Crippen molar-refractivity contribution in [2.45, 2.75) is 135 Å². The SMILES string of the molecule is CCCCCCCCCCCCCCC=CCCCCCCC(O)C(=O)Cl. The van der Waals surface area contributed by atoms with E-state index >= 15 is 0 Å². The fourth-order valence-electron chi connectivity index (χ4n) is 3.41. The second-order valence-corrected chi connectivity index (χ2v) is 8.33. The molecule has 0 radical (unpaired) electrons. The summed E-state index contributed by atoms with van der Waals surface area (Å²) in [7, 11) is 0. The molecule has 1 unspecified atom stereocenters. The average molecular weight is 401 g/mol. The Bertz CT molecular complexity index is 341. The first kappa shape index (κ1) is 26.7. The Morgan fingerprint density at radius 3 is 1.48 bits per heavy atom. The molecule has 0 amide bonds. The van der Waals surface area contributed by atoms with Gasteiger partial charge in [0.15, 0.2) is 0 Å². The van der Waals surface area contributed by atoms with Gasteiger partial charge in [0.25, 0.3) is 0 Å². The Morgan fingerprint density at radius 2 is 1.07 bits per heavy atom. The number of halogens is 1. The zero-order valence-electron chi connectivity index (χ0n) is 17.9. The second kappa shape index (κ2) is 22.0. The fraction of sp³-hybridized carbons (Fsp3) is 0.875. The molecule has 1 atom stereocenters. The zero-order chi connectivity index (χ0) is 20.0. The Hall–Kier alpha value is -0.340. The Balaban J connectivity index is 3.14. The minimum absolute atomic E-state index is 0.497. The molecule has 27 heavy (non-hydrogen) atoms. The van der Waals surface area contributed by atoms with Crippen LogP contribution in [0.3, 0.4) is 0 Å². The van der Waals surface area contributed by atoms with Crippen molar-refractivity contribution in [3.8, 4) is 0 Å². The maximum atomic E-state index is 10.7. The third-order valence-corrected chi connectivity index (χ3v) is 5.50. The van der Waals surface area contributed by atoms with Gasteiger partial charge in [-0.25, -0.2) is 0 Å². The summed E-state index contributed by atoms with van der Waals surface area (Å²) in [6.45, 7) is 2.28. The Kier molecular flexibility index (Phi) is 21.7. The zero-order valence-corrected chi connectivity index (χ0v) is 18.7. The molecule has 0 saturated carbocycles. The van der Waals surface area contributed by atoms with Crippen LogP contribution in [0.4, 0.5) is 0 Å². The standard InChI is InChI=1S/C24H45ClO2/c1-2-3-4-5-6-7-8-9-10-11-12-13-14-15-16-17-18-19-20-21-22-23(26)24(25)27/h15-16,23,26H,2-14,17-22H2,1H3. The molecule has 160 valence electrons. The van der Waals surface area contributed by atoms with Gasteiger partial charge in [-0.2, -0.15) is 0 Å². The van der Waals surface area contributed by atoms with Crippen LogP contribution >= 0.6 is 11.6 Å². The van der Waals surface area contributed by atoms with Crippen molar-refractivity contribution in [1.82, 2.24) is 0 Å². The van der Waals surface area contributed by atoms with E-state index < -0.39 is 11.3 Å². The van der Waals surface area contributed by atoms with E-state index in [0.29, 0.717) is 6.42 Å². The van der Waals surface area contributed by atoms with Gasteiger partial charge >= 0.3 is 0 Å². The van der Waals surface area contributed by atoms with E-state index in [1.165, 1.54) is 89.9 Å². The number of aliphatic hydroxyl groups excluding tert-OH is 1. The number of hydrogen-bond donors (Lipinski definition) is 1. The third-order valence-electron chi connectivity index (χ3n) is 5.25. The molecule has 0 aliphatic carbocycles. The van der Waals surface area contributed by atoms with E-state index in [0.717, 1.165) is 25.7 Å². The molecule has 0 spiro atoms. The van der Waals surface area contributed by atoms with Crippen LogP contribution in [0, 0.1) is 0 Å². The quantitative estimate of drug-likeness (QED) is 0.120. The maximum absolute atomic E-state index is 10.7. The first-order valence-corrected chi connectivity index (χ1v) is 12.1. The summed E-state index contributed by atoms with van der Waals surface area (Å²) in [6.07, 6.45) is 27.8. The van der Waals surface area contributed by atoms with Gasteiger partial charge in [-0.3, -0.25) is 4.79 Å². The fourth-order valence-corrected chi connectivity index (χ4v) is 3.51. The maximum Gasteiger partial charge on any atom is 0.250 e. The van der Waals surface area contributed by atoms with E-state index in [-0.39, 0.29) is 0 Å². The van der Waals surface area contributed by atoms with Crippen molar-refractivity contribution in [3.05, 3.63) is 12.2 Å². The number of rotatable bonds is 21. The molecule has 0 aromatic carbocycles. The second-order valence-electron chi connectivity index (χ2n) is 7.96. The van der Waals surface area contributed by atoms with E-state index in [1.54, 1.807) is 0 Å². The molecule has 2 nitrogen and oxygen atoms in total. The first-order valence-electron chi connectivity index (χ1n) is 11.7. The first-order chi connectivity index (χ1) is 13.2. The van der Waals surface area contributed by atoms with E-state index in [4.69, 9.17) is 11.6 Å². The van der Waals surface area contributed by atoms with E-state index in [1.807, 2.05) is 0 Å². The van der Waals surface area contributed by atoms with Gasteiger partial charge in [-0.1, -0.05) is 109 Å². The molecule has 1 N–H and O–H groups in total. The van der Waals surface area contributed by atoms with E-state index in [2.05, 4.69) is 19.1 Å². The lowest BCUT2D eigenvalue weighted by atomic mass is 10.0. The number of carbonyl (C=O) groups is 1. The normalized spacial score (nSPS) is 12.7. The van der Waals surface area contributed by atoms with Gasteiger partial charge in [-0.05, 0) is 43.7 Å². The Labute approximate surface area is 174 Å². The van der Waals surface area contributed by atoms with Crippen LogP contribution in [-0.2, 0) is 4.79 Å². The molecule has 0 aromatic heterocycles. The summed E-state index contributed by atoms with van der Waals surface area (Å²) in [6, 6.07) is 0. The monoisotopic (exact) mass is 400 g/mol. The number of unbranched alkanes of at least 4 members (excludes halogenated alkanes) is 16. The summed E-state index contributed by atoms with van der Waals surface area (Å²) < 4.78 is 0. The minimum Gasteiger partial charge on any atom is -0.384 e. The van der Waals surface area contributed by atoms with Crippen molar-refractivity contribution < 1.29 is 9.90 Å². The van der Waals surface area contributed by atoms with Crippen molar-refractivity contribution >= 4 is 16.8 Å². The van der Waals surface area contributed by atoms with Gasteiger partial charge in [0.05, 0.1) is 0 Å². The highest BCUT2D eigenvalue weighted by Gasteiger charge is 2.10. The van der Waals surface area contributed by atoms with Crippen LogP contribution in [0.1, 0.15) is 129 Å². The molecule has 3 heteroatoms. The lowest BCUT2D eigenvalue weighted by Gasteiger charge is -2.04. The van der Waals surface area contributed by atoms with Crippen molar-refractivity contribution in [1.29, 1.82) is 0 Å². The van der Waals surface area contributed by atoms with Gasteiger partial charge in [0.2, 0.25) is 5.24 Å². The van der Waals surface area contributed by atoms with Gasteiger partial charge in [0.1, 0.15) is 6.10 Å². The lowest BCUT2D eigenvalue weighted by Crippen LogP contribution is -2.14. The molecule has 0 bridgehead atoms. The van der Waals surface area contributed by atoms with Crippen LogP contribution in [-0.4, -0.2) is 16.5 Å². The van der Waals surface area contributed by atoms with E-state index in [9.17, 15) is 9.90 Å². The highest BCUT2D eigenvalue weighted by molar-refractivity contribution is 6.64. The lowest BCUT2D eigenvalue weighted by molar-refractivity contribution is -0.119. The number of hydrogen-bond acceptors (Lipinski definition) is 2. The van der Waals surface area contributed by atoms with Crippen LogP contribution in [0.5, 0.6) is 0 Å². The summed E-state index contributed by atoms with van der Waals surface area (Å²) in [5.74, 6) is 0. The number of carbonyl (C=O) groups excluding carboxylic acids is 1. The van der Waals surface area contributed by atoms with Gasteiger partial charge < -0.3 is 5.11 Å². The smallest absolute Gasteiger partial charge is 0.250 e. The van der Waals surface area contributed by atoms with Gasteiger partial charge in [0, 0.05) is 0 Å². The highest BCUT2D eigenvalue weighted by atomic mass is 35.5. The van der Waals surface area contributed by atoms with Crippen LogP contribution in [0.2, 0.25) is 0 Å². The third kappa shape index (κ3) is 21.8. The molecule has 0 aromatic rings. The average Bonchev–Trinajstić information content (AvgIpc) is 2.66. The topological polar surface area (TPSA) is 37.3 Å². The number of aliphatic hydroxyl groups is 1. The summed E-state index contributed by atoms with van der Waals surface area (Å²) >= 11 is 5.22. The highest BCUT2D eigenvalue weighted by Crippen LogP contribution is 2.13. The van der Waals surface area contributed by atoms with Crippen LogP contribution in [0.15, 0.2) is 12.2 Å². The predicted molar refractivity (Wildman–Crippen MR) is 119 cm³/mol. The molecule has 0 fully saturated rings. The molecule has 0 rings (SSSR count). The van der Waals surface area contributed by atoms with Crippen molar-refractivity contribution in [2.75, 3.05) is 0 Å². The number of allylic oxidation sites excluding steroid dienone is 2. The van der Waals surface area contributed by atoms with Crippen LogP contribution < -0.4 is 0 Å². The van der Waals surface area contributed by atoms with Crippen molar-refractivity contribution in [3.63, 3.8) is 0 Å².